The molecule has 5 heteroatoms. The number of carbonyl (C=O) groups excluding carboxylic acids is 1. The molecular formula is C11H19NO4. The summed E-state index contributed by atoms with van der Waals surface area (Å²) in [6, 6.07) is 0. The average molecular weight is 229 g/mol. The Morgan fingerprint density at radius 3 is 2.81 bits per heavy atom. The van der Waals surface area contributed by atoms with Gasteiger partial charge in [0.05, 0.1) is 6.61 Å². The Balaban J connectivity index is 2.20. The Kier molecular flexibility index (Phi) is 5.25. The van der Waals surface area contributed by atoms with Gasteiger partial charge in [-0.25, -0.2) is 0 Å². The highest BCUT2D eigenvalue weighted by molar-refractivity contribution is 5.77. The molecule has 16 heavy (non-hydrogen) atoms. The molecule has 1 saturated heterocycles. The quantitative estimate of drug-likeness (QED) is 0.729. The molecule has 0 aromatic carbocycles. The van der Waals surface area contributed by atoms with Crippen molar-refractivity contribution in [2.75, 3.05) is 26.8 Å². The van der Waals surface area contributed by atoms with Crippen molar-refractivity contribution in [1.82, 2.24) is 4.90 Å². The number of rotatable bonds is 6. The predicted octanol–water partition coefficient (Wildman–Crippen LogP) is 0.736. The molecule has 1 heterocycles. The average Bonchev–Trinajstić information content (AvgIpc) is 2.66. The summed E-state index contributed by atoms with van der Waals surface area (Å²) >= 11 is 0. The van der Waals surface area contributed by atoms with Crippen molar-refractivity contribution in [3.63, 3.8) is 0 Å². The minimum atomic E-state index is -0.841. The summed E-state index contributed by atoms with van der Waals surface area (Å²) in [5.41, 5.74) is 0. The van der Waals surface area contributed by atoms with Crippen molar-refractivity contribution in [3.8, 4) is 0 Å². The smallest absolute Gasteiger partial charge is 0.303 e. The van der Waals surface area contributed by atoms with Gasteiger partial charge in [0, 0.05) is 39.0 Å². The molecule has 0 radical (unpaired) electrons. The molecule has 0 aromatic heterocycles. The van der Waals surface area contributed by atoms with Gasteiger partial charge in [-0.3, -0.25) is 9.59 Å². The van der Waals surface area contributed by atoms with Crippen molar-refractivity contribution in [2.24, 2.45) is 5.92 Å². The lowest BCUT2D eigenvalue weighted by molar-refractivity contribution is -0.137. The maximum Gasteiger partial charge on any atom is 0.303 e. The van der Waals surface area contributed by atoms with Crippen LogP contribution in [0.3, 0.4) is 0 Å². The summed E-state index contributed by atoms with van der Waals surface area (Å²) < 4.78 is 5.05. The van der Waals surface area contributed by atoms with E-state index in [1.807, 2.05) is 4.90 Å². The second-order valence-electron chi connectivity index (χ2n) is 4.20. The number of methoxy groups -OCH3 is 1. The summed E-state index contributed by atoms with van der Waals surface area (Å²) in [6.45, 7) is 2.22. The van der Waals surface area contributed by atoms with E-state index >= 15 is 0 Å². The lowest BCUT2D eigenvalue weighted by Gasteiger charge is -2.16. The minimum absolute atomic E-state index is 0.0693. The van der Waals surface area contributed by atoms with E-state index < -0.39 is 5.97 Å². The molecule has 92 valence electrons. The van der Waals surface area contributed by atoms with E-state index in [0.29, 0.717) is 25.4 Å². The van der Waals surface area contributed by atoms with Gasteiger partial charge in [0.1, 0.15) is 0 Å². The molecule has 1 fully saturated rings. The fourth-order valence-electron chi connectivity index (χ4n) is 1.98. The largest absolute Gasteiger partial charge is 0.481 e. The molecule has 5 nitrogen and oxygen atoms in total. The molecule has 1 N–H and O–H groups in total. The summed E-state index contributed by atoms with van der Waals surface area (Å²) in [7, 11) is 1.66. The lowest BCUT2D eigenvalue weighted by atomic mass is 10.1. The van der Waals surface area contributed by atoms with Crippen molar-refractivity contribution >= 4 is 11.9 Å². The topological polar surface area (TPSA) is 66.8 Å². The third-order valence-electron chi connectivity index (χ3n) is 2.82. The third kappa shape index (κ3) is 4.18. The zero-order chi connectivity index (χ0) is 12.0. The summed E-state index contributed by atoms with van der Waals surface area (Å²) in [5, 5.41) is 8.46. The number of carbonyl (C=O) groups is 2. The first-order valence-corrected chi connectivity index (χ1v) is 5.62. The number of ether oxygens (including phenoxy) is 1. The Hall–Kier alpha value is -1.10. The first-order valence-electron chi connectivity index (χ1n) is 5.62. The predicted molar refractivity (Wildman–Crippen MR) is 58.0 cm³/mol. The van der Waals surface area contributed by atoms with Gasteiger partial charge in [0.25, 0.3) is 0 Å². The van der Waals surface area contributed by atoms with Crippen molar-refractivity contribution < 1.29 is 19.4 Å². The first kappa shape index (κ1) is 13.0. The Morgan fingerprint density at radius 1 is 1.44 bits per heavy atom. The van der Waals surface area contributed by atoms with Crippen LogP contribution in [0, 0.1) is 5.92 Å². The van der Waals surface area contributed by atoms with Crippen molar-refractivity contribution in [1.29, 1.82) is 0 Å². The fraction of sp³-hybridized carbons (Fsp3) is 0.818. The van der Waals surface area contributed by atoms with Gasteiger partial charge in [-0.15, -0.1) is 0 Å². The number of likely N-dealkylation sites (tertiary alicyclic amines) is 1. The SMILES string of the molecule is COCC1CCN(C(=O)CCCC(=O)O)C1. The van der Waals surface area contributed by atoms with Gasteiger partial charge >= 0.3 is 5.97 Å². The van der Waals surface area contributed by atoms with Crippen LogP contribution in [0.25, 0.3) is 0 Å². The normalized spacial score (nSPS) is 20.1. The molecule has 0 bridgehead atoms. The minimum Gasteiger partial charge on any atom is -0.481 e. The molecule has 0 saturated carbocycles. The van der Waals surface area contributed by atoms with Crippen LogP contribution < -0.4 is 0 Å². The van der Waals surface area contributed by atoms with Crippen LogP contribution in [0.4, 0.5) is 0 Å². The van der Waals surface area contributed by atoms with Crippen LogP contribution in [-0.4, -0.2) is 48.7 Å². The van der Waals surface area contributed by atoms with Gasteiger partial charge < -0.3 is 14.7 Å². The second kappa shape index (κ2) is 6.48. The Labute approximate surface area is 95.4 Å². The van der Waals surface area contributed by atoms with Crippen LogP contribution in [0.2, 0.25) is 0 Å². The van der Waals surface area contributed by atoms with Gasteiger partial charge in [-0.05, 0) is 12.8 Å². The van der Waals surface area contributed by atoms with Crippen LogP contribution in [0.5, 0.6) is 0 Å². The van der Waals surface area contributed by atoms with E-state index in [2.05, 4.69) is 0 Å². The molecule has 1 rings (SSSR count). The molecular weight excluding hydrogens is 210 g/mol. The lowest BCUT2D eigenvalue weighted by Crippen LogP contribution is -2.29. The zero-order valence-corrected chi connectivity index (χ0v) is 9.65. The number of aliphatic carboxylic acids is 1. The third-order valence-corrected chi connectivity index (χ3v) is 2.82. The number of hydrogen-bond donors (Lipinski definition) is 1. The number of nitrogens with zero attached hydrogens (tertiary/aromatic N) is 1. The van der Waals surface area contributed by atoms with Gasteiger partial charge in [-0.2, -0.15) is 0 Å². The highest BCUT2D eigenvalue weighted by atomic mass is 16.5. The molecule has 0 spiro atoms. The van der Waals surface area contributed by atoms with Crippen LogP contribution >= 0.6 is 0 Å². The van der Waals surface area contributed by atoms with E-state index in [1.54, 1.807) is 7.11 Å². The zero-order valence-electron chi connectivity index (χ0n) is 9.65. The van der Waals surface area contributed by atoms with Crippen molar-refractivity contribution in [2.45, 2.75) is 25.7 Å². The number of amides is 1. The molecule has 0 aromatic rings. The molecule has 1 unspecified atom stereocenters. The molecule has 1 aliphatic rings. The highest BCUT2D eigenvalue weighted by Crippen LogP contribution is 2.17. The highest BCUT2D eigenvalue weighted by Gasteiger charge is 2.25. The maximum absolute atomic E-state index is 11.7. The molecule has 1 amide bonds. The molecule has 1 aliphatic heterocycles. The molecule has 1 atom stereocenters. The number of carboxylic acids is 1. The number of carboxylic acid groups (broad SMARTS) is 1. The summed E-state index contributed by atoms with van der Waals surface area (Å²) in [6.07, 6.45) is 1.82. The molecule has 0 aliphatic carbocycles. The van der Waals surface area contributed by atoms with Crippen molar-refractivity contribution in [3.05, 3.63) is 0 Å². The van der Waals surface area contributed by atoms with E-state index in [0.717, 1.165) is 19.5 Å². The van der Waals surface area contributed by atoms with E-state index in [4.69, 9.17) is 9.84 Å². The Morgan fingerprint density at radius 2 is 2.19 bits per heavy atom. The fourth-order valence-corrected chi connectivity index (χ4v) is 1.98. The second-order valence-corrected chi connectivity index (χ2v) is 4.20. The monoisotopic (exact) mass is 229 g/mol. The first-order chi connectivity index (χ1) is 7.63. The van der Waals surface area contributed by atoms with Gasteiger partial charge in [0.15, 0.2) is 0 Å². The number of hydrogen-bond acceptors (Lipinski definition) is 3. The maximum atomic E-state index is 11.7. The van der Waals surface area contributed by atoms with Gasteiger partial charge in [0.2, 0.25) is 5.91 Å². The van der Waals surface area contributed by atoms with Gasteiger partial charge in [-0.1, -0.05) is 0 Å². The van der Waals surface area contributed by atoms with E-state index in [1.165, 1.54) is 0 Å². The van der Waals surface area contributed by atoms with E-state index in [-0.39, 0.29) is 12.3 Å². The summed E-state index contributed by atoms with van der Waals surface area (Å²) in [5.74, 6) is -0.334. The Bertz CT molecular complexity index is 254. The van der Waals surface area contributed by atoms with Crippen LogP contribution in [0.1, 0.15) is 25.7 Å². The van der Waals surface area contributed by atoms with Crippen LogP contribution in [-0.2, 0) is 14.3 Å². The van der Waals surface area contributed by atoms with E-state index in [9.17, 15) is 9.59 Å². The standard InChI is InChI=1S/C11H19NO4/c1-16-8-9-5-6-12(7-9)10(13)3-2-4-11(14)15/h9H,2-8H2,1H3,(H,14,15). The summed E-state index contributed by atoms with van der Waals surface area (Å²) in [4.78, 5) is 23.8. The van der Waals surface area contributed by atoms with Crippen LogP contribution in [0.15, 0.2) is 0 Å².